The highest BCUT2D eigenvalue weighted by Crippen LogP contribution is 2.20. The van der Waals surface area contributed by atoms with Crippen LogP contribution < -0.4 is 5.32 Å². The molecule has 4 aromatic heterocycles. The van der Waals surface area contributed by atoms with Crippen LogP contribution >= 0.6 is 0 Å². The van der Waals surface area contributed by atoms with Crippen LogP contribution in [-0.2, 0) is 13.1 Å². The van der Waals surface area contributed by atoms with Gasteiger partial charge in [-0.15, -0.1) is 0 Å². The summed E-state index contributed by atoms with van der Waals surface area (Å²) in [5.74, 6) is 0. The number of nitrogens with one attached hydrogen (secondary N) is 1. The fourth-order valence-corrected chi connectivity index (χ4v) is 2.78. The Morgan fingerprint density at radius 2 is 1.11 bits per heavy atom. The molecule has 132 valence electrons. The molecule has 4 rings (SSSR count). The van der Waals surface area contributed by atoms with Gasteiger partial charge in [-0.05, 0) is 48.5 Å². The molecular formula is C22H19N5. The van der Waals surface area contributed by atoms with Crippen molar-refractivity contribution in [3.05, 3.63) is 96.6 Å². The van der Waals surface area contributed by atoms with Crippen molar-refractivity contribution in [2.24, 2.45) is 0 Å². The van der Waals surface area contributed by atoms with Gasteiger partial charge in [-0.3, -0.25) is 9.97 Å². The maximum atomic E-state index is 4.74. The lowest BCUT2D eigenvalue weighted by atomic mass is 10.2. The molecule has 0 amide bonds. The molecule has 0 aliphatic heterocycles. The molecule has 4 heterocycles. The average Bonchev–Trinajstić information content (AvgIpc) is 2.75. The van der Waals surface area contributed by atoms with Crippen LogP contribution in [0.2, 0.25) is 0 Å². The van der Waals surface area contributed by atoms with Gasteiger partial charge in [-0.1, -0.05) is 24.3 Å². The van der Waals surface area contributed by atoms with E-state index in [-0.39, 0.29) is 0 Å². The Labute approximate surface area is 158 Å². The first-order chi connectivity index (χ1) is 13.4. The first-order valence-corrected chi connectivity index (χ1v) is 8.84. The molecule has 4 aromatic rings. The first-order valence-electron chi connectivity index (χ1n) is 8.84. The quantitative estimate of drug-likeness (QED) is 0.570. The van der Waals surface area contributed by atoms with E-state index in [4.69, 9.17) is 9.97 Å². The summed E-state index contributed by atoms with van der Waals surface area (Å²) in [4.78, 5) is 18.2. The predicted molar refractivity (Wildman–Crippen MR) is 105 cm³/mol. The van der Waals surface area contributed by atoms with Gasteiger partial charge in [0.1, 0.15) is 0 Å². The van der Waals surface area contributed by atoms with Gasteiger partial charge in [0, 0.05) is 25.5 Å². The number of hydrogen-bond acceptors (Lipinski definition) is 5. The maximum Gasteiger partial charge on any atom is 0.0894 e. The second-order valence-corrected chi connectivity index (χ2v) is 6.06. The van der Waals surface area contributed by atoms with Gasteiger partial charge in [0.25, 0.3) is 0 Å². The molecule has 5 nitrogen and oxygen atoms in total. The Morgan fingerprint density at radius 3 is 1.85 bits per heavy atom. The van der Waals surface area contributed by atoms with E-state index in [1.165, 1.54) is 0 Å². The summed E-state index contributed by atoms with van der Waals surface area (Å²) in [6, 6.07) is 23.6. The van der Waals surface area contributed by atoms with Crippen LogP contribution in [0.15, 0.2) is 85.2 Å². The predicted octanol–water partition coefficient (Wildman–Crippen LogP) is 3.89. The van der Waals surface area contributed by atoms with Gasteiger partial charge in [-0.2, -0.15) is 0 Å². The Morgan fingerprint density at radius 1 is 0.519 bits per heavy atom. The lowest BCUT2D eigenvalue weighted by molar-refractivity contribution is 0.668. The van der Waals surface area contributed by atoms with E-state index in [1.54, 1.807) is 12.4 Å². The van der Waals surface area contributed by atoms with Crippen LogP contribution in [0.25, 0.3) is 22.8 Å². The van der Waals surface area contributed by atoms with E-state index in [9.17, 15) is 0 Å². The van der Waals surface area contributed by atoms with E-state index >= 15 is 0 Å². The fourth-order valence-electron chi connectivity index (χ4n) is 2.78. The van der Waals surface area contributed by atoms with E-state index in [2.05, 4.69) is 15.3 Å². The Kier molecular flexibility index (Phi) is 5.22. The van der Waals surface area contributed by atoms with Crippen molar-refractivity contribution < 1.29 is 0 Å². The van der Waals surface area contributed by atoms with Crippen molar-refractivity contribution in [2.75, 3.05) is 0 Å². The minimum absolute atomic E-state index is 0.671. The van der Waals surface area contributed by atoms with Crippen molar-refractivity contribution in [3.8, 4) is 22.8 Å². The lowest BCUT2D eigenvalue weighted by Gasteiger charge is -2.07. The zero-order valence-electron chi connectivity index (χ0n) is 14.8. The van der Waals surface area contributed by atoms with Gasteiger partial charge >= 0.3 is 0 Å². The third-order valence-corrected chi connectivity index (χ3v) is 4.08. The van der Waals surface area contributed by atoms with Gasteiger partial charge in [-0.25, -0.2) is 9.97 Å². The minimum atomic E-state index is 0.671. The standard InChI is InChI=1S/C22H19N5/c1-3-13-24-17(7-1)15-23-16-18-8-5-10-21(26-18)22-12-6-11-20(27-22)19-9-2-4-14-25-19/h1-14,23H,15-16H2. The Hall–Kier alpha value is -3.44. The van der Waals surface area contributed by atoms with E-state index < -0.39 is 0 Å². The largest absolute Gasteiger partial charge is 0.306 e. The molecule has 0 saturated carbocycles. The molecule has 0 unspecified atom stereocenters. The first kappa shape index (κ1) is 17.0. The summed E-state index contributed by atoms with van der Waals surface area (Å²) < 4.78 is 0. The third-order valence-electron chi connectivity index (χ3n) is 4.08. The molecular weight excluding hydrogens is 334 g/mol. The molecule has 5 heteroatoms. The zero-order chi connectivity index (χ0) is 18.3. The van der Waals surface area contributed by atoms with Crippen LogP contribution in [0.4, 0.5) is 0 Å². The third kappa shape index (κ3) is 4.40. The smallest absolute Gasteiger partial charge is 0.0894 e. The summed E-state index contributed by atoms with van der Waals surface area (Å²) in [6.45, 7) is 1.38. The van der Waals surface area contributed by atoms with Crippen molar-refractivity contribution in [1.29, 1.82) is 0 Å². The molecule has 0 aromatic carbocycles. The number of hydrogen-bond donors (Lipinski definition) is 1. The molecule has 0 radical (unpaired) electrons. The van der Waals surface area contributed by atoms with Crippen molar-refractivity contribution in [1.82, 2.24) is 25.3 Å². The molecule has 27 heavy (non-hydrogen) atoms. The molecule has 0 spiro atoms. The van der Waals surface area contributed by atoms with E-state index in [1.807, 2.05) is 72.8 Å². The maximum absolute atomic E-state index is 4.74. The summed E-state index contributed by atoms with van der Waals surface area (Å²) in [5.41, 5.74) is 5.36. The monoisotopic (exact) mass is 353 g/mol. The van der Waals surface area contributed by atoms with Gasteiger partial charge in [0.15, 0.2) is 0 Å². The van der Waals surface area contributed by atoms with E-state index in [0.717, 1.165) is 34.2 Å². The Bertz CT molecular complexity index is 1000. The van der Waals surface area contributed by atoms with Crippen molar-refractivity contribution in [3.63, 3.8) is 0 Å². The average molecular weight is 353 g/mol. The van der Waals surface area contributed by atoms with Crippen LogP contribution in [-0.4, -0.2) is 19.9 Å². The molecule has 0 saturated heterocycles. The summed E-state index contributed by atoms with van der Waals surface area (Å²) in [5, 5.41) is 3.38. The van der Waals surface area contributed by atoms with Gasteiger partial charge in [0.05, 0.1) is 34.2 Å². The van der Waals surface area contributed by atoms with Gasteiger partial charge in [0.2, 0.25) is 0 Å². The SMILES string of the molecule is c1ccc(CNCc2cccc(-c3cccc(-c4ccccn4)n3)n2)nc1. The summed E-state index contributed by atoms with van der Waals surface area (Å²) in [6.07, 6.45) is 3.58. The fraction of sp³-hybridized carbons (Fsp3) is 0.0909. The second-order valence-electron chi connectivity index (χ2n) is 6.06. The van der Waals surface area contributed by atoms with Crippen molar-refractivity contribution in [2.45, 2.75) is 13.1 Å². The van der Waals surface area contributed by atoms with Crippen LogP contribution in [0.3, 0.4) is 0 Å². The molecule has 0 aliphatic rings. The molecule has 0 aliphatic carbocycles. The zero-order valence-corrected chi connectivity index (χ0v) is 14.8. The highest BCUT2D eigenvalue weighted by Gasteiger charge is 2.06. The number of pyridine rings is 4. The highest BCUT2D eigenvalue weighted by atomic mass is 14.9. The minimum Gasteiger partial charge on any atom is -0.306 e. The summed E-state index contributed by atoms with van der Waals surface area (Å²) >= 11 is 0. The van der Waals surface area contributed by atoms with Crippen molar-refractivity contribution >= 4 is 0 Å². The van der Waals surface area contributed by atoms with Gasteiger partial charge < -0.3 is 5.32 Å². The highest BCUT2D eigenvalue weighted by molar-refractivity contribution is 5.61. The molecule has 0 bridgehead atoms. The number of aromatic nitrogens is 4. The van der Waals surface area contributed by atoms with E-state index in [0.29, 0.717) is 13.1 Å². The lowest BCUT2D eigenvalue weighted by Crippen LogP contribution is -2.14. The molecule has 0 atom stereocenters. The van der Waals surface area contributed by atoms with Crippen LogP contribution in [0.5, 0.6) is 0 Å². The molecule has 1 N–H and O–H groups in total. The number of rotatable bonds is 6. The Balaban J connectivity index is 1.49. The normalized spacial score (nSPS) is 10.7. The van der Waals surface area contributed by atoms with Crippen LogP contribution in [0.1, 0.15) is 11.4 Å². The topological polar surface area (TPSA) is 63.6 Å². The molecule has 0 fully saturated rings. The van der Waals surface area contributed by atoms with Crippen LogP contribution in [0, 0.1) is 0 Å². The number of nitrogens with zero attached hydrogens (tertiary/aromatic N) is 4. The summed E-state index contributed by atoms with van der Waals surface area (Å²) in [7, 11) is 0. The second kappa shape index (κ2) is 8.29.